The highest BCUT2D eigenvalue weighted by atomic mass is 32.2. The maximum Gasteiger partial charge on any atom is 0.240 e. The Morgan fingerprint density at radius 3 is 2.61 bits per heavy atom. The molecule has 0 bridgehead atoms. The van der Waals surface area contributed by atoms with Gasteiger partial charge in [-0.25, -0.2) is 13.1 Å². The number of nitrogens with one attached hydrogen (secondary N) is 2. The van der Waals surface area contributed by atoms with Crippen LogP contribution in [0.3, 0.4) is 0 Å². The number of carbonyl (C=O) groups is 1. The van der Waals surface area contributed by atoms with Gasteiger partial charge < -0.3 is 5.32 Å². The summed E-state index contributed by atoms with van der Waals surface area (Å²) in [5, 5.41) is 2.78. The first-order valence-electron chi connectivity index (χ1n) is 8.41. The lowest BCUT2D eigenvalue weighted by Crippen LogP contribution is -2.31. The fourth-order valence-electron chi connectivity index (χ4n) is 2.75. The van der Waals surface area contributed by atoms with Crippen molar-refractivity contribution in [3.63, 3.8) is 0 Å². The highest BCUT2D eigenvalue weighted by Crippen LogP contribution is 2.23. The molecule has 2 N–H and O–H groups in total. The van der Waals surface area contributed by atoms with Crippen LogP contribution in [0.2, 0.25) is 0 Å². The van der Waals surface area contributed by atoms with Crippen LogP contribution >= 0.6 is 0 Å². The molecule has 0 saturated heterocycles. The first-order chi connectivity index (χ1) is 11.0. The third-order valence-electron chi connectivity index (χ3n) is 4.13. The third-order valence-corrected chi connectivity index (χ3v) is 5.59. The zero-order chi connectivity index (χ0) is 16.7. The number of hydrogen-bond acceptors (Lipinski definition) is 3. The van der Waals surface area contributed by atoms with Crippen molar-refractivity contribution in [2.75, 3.05) is 13.1 Å². The van der Waals surface area contributed by atoms with Gasteiger partial charge in [-0.15, -0.1) is 0 Å². The van der Waals surface area contributed by atoms with Crippen molar-refractivity contribution in [1.29, 1.82) is 0 Å². The summed E-state index contributed by atoms with van der Waals surface area (Å²) in [6.45, 7) is 2.82. The van der Waals surface area contributed by atoms with Crippen LogP contribution in [-0.4, -0.2) is 27.4 Å². The Kier molecular flexibility index (Phi) is 6.59. The number of sulfonamides is 1. The highest BCUT2D eigenvalue weighted by Gasteiger charge is 2.17. The zero-order valence-electron chi connectivity index (χ0n) is 13.7. The van der Waals surface area contributed by atoms with Gasteiger partial charge in [0.15, 0.2) is 0 Å². The molecule has 1 aromatic rings. The van der Waals surface area contributed by atoms with Gasteiger partial charge in [-0.2, -0.15) is 0 Å². The van der Waals surface area contributed by atoms with Gasteiger partial charge in [0, 0.05) is 19.5 Å². The van der Waals surface area contributed by atoms with Crippen LogP contribution in [0.4, 0.5) is 0 Å². The monoisotopic (exact) mass is 338 g/mol. The second-order valence-corrected chi connectivity index (χ2v) is 7.76. The predicted octanol–water partition coefficient (Wildman–Crippen LogP) is 2.15. The van der Waals surface area contributed by atoms with E-state index in [0.29, 0.717) is 11.4 Å². The van der Waals surface area contributed by atoms with Crippen LogP contribution < -0.4 is 10.0 Å². The molecular formula is C17H26N2O3S. The lowest BCUT2D eigenvalue weighted by Gasteiger charge is -2.16. The lowest BCUT2D eigenvalue weighted by molar-refractivity contribution is -0.120. The van der Waals surface area contributed by atoms with Gasteiger partial charge in [-0.1, -0.05) is 19.4 Å². The number of rotatable bonds is 8. The van der Waals surface area contributed by atoms with Crippen LogP contribution in [0.5, 0.6) is 0 Å². The maximum absolute atomic E-state index is 12.3. The molecule has 0 aliphatic heterocycles. The zero-order valence-corrected chi connectivity index (χ0v) is 14.5. The van der Waals surface area contributed by atoms with Crippen molar-refractivity contribution < 1.29 is 13.2 Å². The van der Waals surface area contributed by atoms with Gasteiger partial charge in [-0.3, -0.25) is 4.79 Å². The number of carbonyl (C=O) groups excluding carboxylic acids is 1. The average molecular weight is 338 g/mol. The summed E-state index contributed by atoms with van der Waals surface area (Å²) in [7, 11) is -3.54. The number of aryl methyl sites for hydroxylation is 2. The van der Waals surface area contributed by atoms with E-state index in [1.807, 2.05) is 6.07 Å². The quantitative estimate of drug-likeness (QED) is 0.713. The summed E-state index contributed by atoms with van der Waals surface area (Å²) in [5.74, 6) is -0.119. The van der Waals surface area contributed by atoms with Crippen molar-refractivity contribution in [3.05, 3.63) is 29.3 Å². The second kappa shape index (κ2) is 8.45. The second-order valence-electron chi connectivity index (χ2n) is 5.99. The molecule has 0 fully saturated rings. The summed E-state index contributed by atoms with van der Waals surface area (Å²) in [4.78, 5) is 11.9. The van der Waals surface area contributed by atoms with E-state index in [1.54, 1.807) is 12.1 Å². The van der Waals surface area contributed by atoms with Gasteiger partial charge in [0.2, 0.25) is 15.9 Å². The summed E-state index contributed by atoms with van der Waals surface area (Å²) in [6, 6.07) is 5.35. The average Bonchev–Trinajstić information content (AvgIpc) is 2.54. The number of fused-ring (bicyclic) bond motifs is 1. The molecule has 6 heteroatoms. The molecule has 2 rings (SSSR count). The van der Waals surface area contributed by atoms with Crippen molar-refractivity contribution in [3.8, 4) is 0 Å². The highest BCUT2D eigenvalue weighted by molar-refractivity contribution is 7.89. The fourth-order valence-corrected chi connectivity index (χ4v) is 3.83. The Labute approximate surface area is 138 Å². The SMILES string of the molecule is CCCCNC(=O)CCNS(=O)(=O)c1ccc2c(c1)CCCC2. The number of amides is 1. The van der Waals surface area contributed by atoms with E-state index < -0.39 is 10.0 Å². The molecule has 0 saturated carbocycles. The van der Waals surface area contributed by atoms with Crippen LogP contribution in [0.15, 0.2) is 23.1 Å². The van der Waals surface area contributed by atoms with Gasteiger partial charge >= 0.3 is 0 Å². The summed E-state index contributed by atoms with van der Waals surface area (Å²) in [5.41, 5.74) is 2.39. The largest absolute Gasteiger partial charge is 0.356 e. The van der Waals surface area contributed by atoms with Gasteiger partial charge in [0.1, 0.15) is 0 Å². The van der Waals surface area contributed by atoms with Gasteiger partial charge in [-0.05, 0) is 55.4 Å². The van der Waals surface area contributed by atoms with E-state index in [0.717, 1.165) is 37.7 Å². The van der Waals surface area contributed by atoms with E-state index in [4.69, 9.17) is 0 Å². The Balaban J connectivity index is 1.88. The molecule has 0 radical (unpaired) electrons. The molecule has 1 aromatic carbocycles. The number of unbranched alkanes of at least 4 members (excludes halogenated alkanes) is 1. The van der Waals surface area contributed by atoms with Gasteiger partial charge in [0.25, 0.3) is 0 Å². The van der Waals surface area contributed by atoms with E-state index in [1.165, 1.54) is 12.0 Å². The predicted molar refractivity (Wildman–Crippen MR) is 90.8 cm³/mol. The molecule has 0 atom stereocenters. The standard InChI is InChI=1S/C17H26N2O3S/c1-2-3-11-18-17(20)10-12-19-23(21,22)16-9-8-14-6-4-5-7-15(14)13-16/h8-9,13,19H,2-7,10-12H2,1H3,(H,18,20). The Bertz CT molecular complexity index is 641. The van der Waals surface area contributed by atoms with Crippen molar-refractivity contribution in [2.45, 2.75) is 56.8 Å². The lowest BCUT2D eigenvalue weighted by atomic mass is 9.92. The van der Waals surface area contributed by atoms with Crippen molar-refractivity contribution >= 4 is 15.9 Å². The molecule has 0 aromatic heterocycles. The summed E-state index contributed by atoms with van der Waals surface area (Å²) < 4.78 is 27.1. The maximum atomic E-state index is 12.3. The summed E-state index contributed by atoms with van der Waals surface area (Å²) in [6.07, 6.45) is 6.37. The normalized spacial score (nSPS) is 14.3. The van der Waals surface area contributed by atoms with E-state index in [-0.39, 0.29) is 18.9 Å². The molecule has 0 spiro atoms. The summed E-state index contributed by atoms with van der Waals surface area (Å²) >= 11 is 0. The minimum atomic E-state index is -3.54. The fraction of sp³-hybridized carbons (Fsp3) is 0.588. The molecule has 1 aliphatic carbocycles. The molecule has 1 amide bonds. The number of benzene rings is 1. The van der Waals surface area contributed by atoms with Crippen molar-refractivity contribution in [2.24, 2.45) is 0 Å². The molecule has 1 aliphatic rings. The van der Waals surface area contributed by atoms with Crippen molar-refractivity contribution in [1.82, 2.24) is 10.0 Å². The molecule has 0 heterocycles. The molecule has 23 heavy (non-hydrogen) atoms. The first kappa shape index (κ1) is 17.9. The molecular weight excluding hydrogens is 312 g/mol. The Hall–Kier alpha value is -1.40. The molecule has 5 nitrogen and oxygen atoms in total. The molecule has 0 unspecified atom stereocenters. The Morgan fingerprint density at radius 2 is 1.87 bits per heavy atom. The topological polar surface area (TPSA) is 75.3 Å². The van der Waals surface area contributed by atoms with E-state index in [2.05, 4.69) is 17.0 Å². The van der Waals surface area contributed by atoms with Crippen LogP contribution in [-0.2, 0) is 27.7 Å². The smallest absolute Gasteiger partial charge is 0.240 e. The minimum Gasteiger partial charge on any atom is -0.356 e. The minimum absolute atomic E-state index is 0.119. The number of hydrogen-bond donors (Lipinski definition) is 2. The third kappa shape index (κ3) is 5.32. The van der Waals surface area contributed by atoms with Crippen LogP contribution in [0.1, 0.15) is 50.2 Å². The molecule has 128 valence electrons. The first-order valence-corrected chi connectivity index (χ1v) is 9.89. The van der Waals surface area contributed by atoms with Gasteiger partial charge in [0.05, 0.1) is 4.90 Å². The van der Waals surface area contributed by atoms with E-state index >= 15 is 0 Å². The van der Waals surface area contributed by atoms with Crippen LogP contribution in [0, 0.1) is 0 Å². The van der Waals surface area contributed by atoms with Crippen LogP contribution in [0.25, 0.3) is 0 Å². The Morgan fingerprint density at radius 1 is 1.13 bits per heavy atom. The van der Waals surface area contributed by atoms with E-state index in [9.17, 15) is 13.2 Å².